The topological polar surface area (TPSA) is 32.5 Å². The van der Waals surface area contributed by atoms with Crippen LogP contribution in [-0.4, -0.2) is 40.0 Å². The van der Waals surface area contributed by atoms with Crippen LogP contribution in [0.2, 0.25) is 0 Å². The lowest BCUT2D eigenvalue weighted by molar-refractivity contribution is 0.0587. The molecule has 2 unspecified atom stereocenters. The molecule has 2 atom stereocenters. The lowest BCUT2D eigenvalue weighted by atomic mass is 9.95. The minimum absolute atomic E-state index is 0.636. The number of benzene rings is 1. The van der Waals surface area contributed by atoms with E-state index in [0.29, 0.717) is 6.04 Å². The van der Waals surface area contributed by atoms with E-state index >= 15 is 0 Å². The van der Waals surface area contributed by atoms with Gasteiger partial charge in [-0.05, 0) is 52.1 Å². The van der Waals surface area contributed by atoms with Crippen molar-refractivity contribution in [2.45, 2.75) is 70.7 Å². The molecule has 0 N–H and O–H groups in total. The van der Waals surface area contributed by atoms with Crippen LogP contribution >= 0.6 is 0 Å². The largest absolute Gasteiger partial charge is 0.444 e. The smallest absolute Gasteiger partial charge is 0.208 e. The summed E-state index contributed by atoms with van der Waals surface area (Å²) in [6.07, 6.45) is 5.22. The predicted molar refractivity (Wildman–Crippen MR) is 99.3 cm³/mol. The fraction of sp³-hybridized carbons (Fsp3) is 0.571. The first-order valence-electron chi connectivity index (χ1n) is 9.53. The summed E-state index contributed by atoms with van der Waals surface area (Å²) in [5.41, 5.74) is 2.46. The number of nitrogens with zero attached hydrogens (tertiary/aromatic N) is 3. The SMILES string of the molecule is Cc1nc(CN(C)C2CC3CCC(C2)N3Cc2ccccc2)oc1C. The molecule has 0 amide bonds. The second-order valence-electron chi connectivity index (χ2n) is 7.83. The zero-order valence-electron chi connectivity index (χ0n) is 15.6. The van der Waals surface area contributed by atoms with Gasteiger partial charge in [0, 0.05) is 24.7 Å². The summed E-state index contributed by atoms with van der Waals surface area (Å²) in [4.78, 5) is 9.75. The molecule has 2 fully saturated rings. The van der Waals surface area contributed by atoms with Crippen LogP contribution in [0.5, 0.6) is 0 Å². The molecule has 25 heavy (non-hydrogen) atoms. The Morgan fingerprint density at radius 2 is 1.80 bits per heavy atom. The Morgan fingerprint density at radius 3 is 2.40 bits per heavy atom. The van der Waals surface area contributed by atoms with Gasteiger partial charge >= 0.3 is 0 Å². The first-order valence-corrected chi connectivity index (χ1v) is 9.53. The summed E-state index contributed by atoms with van der Waals surface area (Å²) in [6, 6.07) is 13.0. The highest BCUT2D eigenvalue weighted by Gasteiger charge is 2.41. The third-order valence-corrected chi connectivity index (χ3v) is 6.15. The zero-order chi connectivity index (χ0) is 17.4. The summed E-state index contributed by atoms with van der Waals surface area (Å²) in [5, 5.41) is 0. The Bertz CT molecular complexity index is 678. The second kappa shape index (κ2) is 6.93. The van der Waals surface area contributed by atoms with E-state index in [0.717, 1.165) is 42.5 Å². The van der Waals surface area contributed by atoms with Gasteiger partial charge in [0.15, 0.2) is 0 Å². The van der Waals surface area contributed by atoms with Crippen LogP contribution < -0.4 is 0 Å². The quantitative estimate of drug-likeness (QED) is 0.826. The van der Waals surface area contributed by atoms with Crippen LogP contribution in [0.15, 0.2) is 34.7 Å². The number of aromatic nitrogens is 1. The van der Waals surface area contributed by atoms with Crippen LogP contribution in [0.4, 0.5) is 0 Å². The number of piperidine rings is 1. The maximum atomic E-state index is 5.78. The van der Waals surface area contributed by atoms with E-state index in [2.05, 4.69) is 52.2 Å². The van der Waals surface area contributed by atoms with Crippen molar-refractivity contribution in [3.05, 3.63) is 53.2 Å². The van der Waals surface area contributed by atoms with E-state index in [1.165, 1.54) is 31.2 Å². The van der Waals surface area contributed by atoms with Gasteiger partial charge in [-0.15, -0.1) is 0 Å². The van der Waals surface area contributed by atoms with Gasteiger partial charge in [0.05, 0.1) is 12.2 Å². The number of fused-ring (bicyclic) bond motifs is 2. The molecule has 0 radical (unpaired) electrons. The molecule has 134 valence electrons. The van der Waals surface area contributed by atoms with Gasteiger partial charge in [-0.1, -0.05) is 30.3 Å². The lowest BCUT2D eigenvalue weighted by Gasteiger charge is -2.42. The van der Waals surface area contributed by atoms with Crippen molar-refractivity contribution < 1.29 is 4.42 Å². The highest BCUT2D eigenvalue weighted by atomic mass is 16.4. The molecule has 0 saturated carbocycles. The van der Waals surface area contributed by atoms with Crippen molar-refractivity contribution in [3.8, 4) is 0 Å². The number of hydrogen-bond donors (Lipinski definition) is 0. The van der Waals surface area contributed by atoms with Crippen LogP contribution in [-0.2, 0) is 13.1 Å². The Balaban J connectivity index is 1.39. The molecule has 1 aromatic heterocycles. The van der Waals surface area contributed by atoms with Gasteiger partial charge in [-0.25, -0.2) is 4.98 Å². The minimum Gasteiger partial charge on any atom is -0.444 e. The van der Waals surface area contributed by atoms with Gasteiger partial charge in [-0.3, -0.25) is 9.80 Å². The zero-order valence-corrected chi connectivity index (χ0v) is 15.6. The first kappa shape index (κ1) is 16.8. The molecular weight excluding hydrogens is 310 g/mol. The third-order valence-electron chi connectivity index (χ3n) is 6.15. The molecular formula is C21H29N3O. The lowest BCUT2D eigenvalue weighted by Crippen LogP contribution is -2.48. The number of rotatable bonds is 5. The first-order chi connectivity index (χ1) is 12.1. The van der Waals surface area contributed by atoms with Gasteiger partial charge in [0.2, 0.25) is 5.89 Å². The van der Waals surface area contributed by atoms with Gasteiger partial charge in [0.1, 0.15) is 5.76 Å². The third kappa shape index (κ3) is 3.51. The van der Waals surface area contributed by atoms with Crippen molar-refractivity contribution in [2.24, 2.45) is 0 Å². The van der Waals surface area contributed by atoms with Crippen molar-refractivity contribution in [3.63, 3.8) is 0 Å². The maximum Gasteiger partial charge on any atom is 0.208 e. The molecule has 4 heteroatoms. The molecule has 3 heterocycles. The van der Waals surface area contributed by atoms with Crippen LogP contribution in [0.25, 0.3) is 0 Å². The predicted octanol–water partition coefficient (Wildman–Crippen LogP) is 3.92. The summed E-state index contributed by atoms with van der Waals surface area (Å²) >= 11 is 0. The van der Waals surface area contributed by atoms with Crippen molar-refractivity contribution in [1.82, 2.24) is 14.8 Å². The highest BCUT2D eigenvalue weighted by Crippen LogP contribution is 2.38. The summed E-state index contributed by atoms with van der Waals surface area (Å²) < 4.78 is 5.78. The standard InChI is InChI=1S/C21H29N3O/c1-15-16(2)25-21(22-15)14-23(3)20-11-18-9-10-19(12-20)24(18)13-17-7-5-4-6-8-17/h4-8,18-20H,9-14H2,1-3H3. The van der Waals surface area contributed by atoms with Crippen LogP contribution in [0, 0.1) is 13.8 Å². The summed E-state index contributed by atoms with van der Waals surface area (Å²) in [6.45, 7) is 5.93. The van der Waals surface area contributed by atoms with E-state index in [1.807, 2.05) is 13.8 Å². The van der Waals surface area contributed by atoms with E-state index in [-0.39, 0.29) is 0 Å². The van der Waals surface area contributed by atoms with Gasteiger partial charge in [-0.2, -0.15) is 0 Å². The molecule has 2 aliphatic heterocycles. The molecule has 0 aliphatic carbocycles. The van der Waals surface area contributed by atoms with Crippen molar-refractivity contribution in [1.29, 1.82) is 0 Å². The fourth-order valence-corrected chi connectivity index (χ4v) is 4.61. The highest BCUT2D eigenvalue weighted by molar-refractivity contribution is 5.16. The minimum atomic E-state index is 0.636. The molecule has 2 bridgehead atoms. The Kier molecular flexibility index (Phi) is 4.65. The summed E-state index contributed by atoms with van der Waals surface area (Å²) in [5.74, 6) is 1.80. The molecule has 4 nitrogen and oxygen atoms in total. The number of aryl methyl sites for hydroxylation is 2. The second-order valence-corrected chi connectivity index (χ2v) is 7.83. The van der Waals surface area contributed by atoms with E-state index in [4.69, 9.17) is 4.42 Å². The Morgan fingerprint density at radius 1 is 1.12 bits per heavy atom. The van der Waals surface area contributed by atoms with Gasteiger partial charge in [0.25, 0.3) is 0 Å². The average Bonchev–Trinajstić information content (AvgIpc) is 3.02. The van der Waals surface area contributed by atoms with Crippen molar-refractivity contribution in [2.75, 3.05) is 7.05 Å². The molecule has 4 rings (SSSR count). The monoisotopic (exact) mass is 339 g/mol. The molecule has 0 spiro atoms. The van der Waals surface area contributed by atoms with Crippen LogP contribution in [0.3, 0.4) is 0 Å². The van der Waals surface area contributed by atoms with E-state index < -0.39 is 0 Å². The maximum absolute atomic E-state index is 5.78. The molecule has 2 saturated heterocycles. The Labute approximate surface area is 150 Å². The summed E-state index contributed by atoms with van der Waals surface area (Å²) in [7, 11) is 2.23. The Hall–Kier alpha value is -1.65. The van der Waals surface area contributed by atoms with E-state index in [9.17, 15) is 0 Å². The van der Waals surface area contributed by atoms with E-state index in [1.54, 1.807) is 0 Å². The molecule has 2 aliphatic rings. The van der Waals surface area contributed by atoms with Crippen molar-refractivity contribution >= 4 is 0 Å². The molecule has 1 aromatic carbocycles. The normalized spacial score (nSPS) is 26.5. The van der Waals surface area contributed by atoms with Crippen LogP contribution in [0.1, 0.15) is 48.6 Å². The average molecular weight is 339 g/mol. The number of hydrogen-bond acceptors (Lipinski definition) is 4. The van der Waals surface area contributed by atoms with Gasteiger partial charge < -0.3 is 4.42 Å². The fourth-order valence-electron chi connectivity index (χ4n) is 4.61. The molecule has 2 aromatic rings. The number of oxazole rings is 1.